The molecule has 0 aliphatic heterocycles. The van der Waals surface area contributed by atoms with Crippen molar-refractivity contribution >= 4 is 21.9 Å². The Morgan fingerprint density at radius 2 is 1.78 bits per heavy atom. The maximum absolute atomic E-state index is 11.4. The number of unbranched alkanes of at least 4 members (excludes halogenated alkanes) is 6. The lowest BCUT2D eigenvalue weighted by molar-refractivity contribution is -0.142. The summed E-state index contributed by atoms with van der Waals surface area (Å²) in [6.45, 7) is 2.61. The Morgan fingerprint density at radius 1 is 1.06 bits per heavy atom. The molecule has 18 heavy (non-hydrogen) atoms. The Bertz CT molecular complexity index is 215. The predicted molar refractivity (Wildman–Crippen MR) is 81.1 cm³/mol. The van der Waals surface area contributed by atoms with Crippen LogP contribution in [0.2, 0.25) is 0 Å². The minimum absolute atomic E-state index is 0.0596. The highest BCUT2D eigenvalue weighted by Gasteiger charge is 2.00. The fourth-order valence-electron chi connectivity index (χ4n) is 1.62. The van der Waals surface area contributed by atoms with Gasteiger partial charge < -0.3 is 4.74 Å². The summed E-state index contributed by atoms with van der Waals surface area (Å²) in [5, 5.41) is 1.08. The second-order valence-corrected chi connectivity index (χ2v) is 5.30. The summed E-state index contributed by atoms with van der Waals surface area (Å²) in [7, 11) is 0. The molecule has 3 heteroatoms. The van der Waals surface area contributed by atoms with Gasteiger partial charge in [-0.1, -0.05) is 67.1 Å². The number of ether oxygens (including phenoxy) is 1. The first-order valence-corrected chi connectivity index (χ1v) is 8.30. The molecule has 0 radical (unpaired) electrons. The van der Waals surface area contributed by atoms with E-state index in [2.05, 4.69) is 28.9 Å². The monoisotopic (exact) mass is 318 g/mol. The Balaban J connectivity index is 3.24. The number of rotatable bonds is 12. The van der Waals surface area contributed by atoms with Crippen molar-refractivity contribution in [1.82, 2.24) is 0 Å². The van der Waals surface area contributed by atoms with Gasteiger partial charge in [0.25, 0.3) is 0 Å². The molecule has 0 aromatic rings. The van der Waals surface area contributed by atoms with Crippen LogP contribution in [0.3, 0.4) is 0 Å². The zero-order chi connectivity index (χ0) is 13.5. The topological polar surface area (TPSA) is 26.3 Å². The van der Waals surface area contributed by atoms with Crippen LogP contribution in [0, 0.1) is 0 Å². The average molecular weight is 319 g/mol. The van der Waals surface area contributed by atoms with Crippen molar-refractivity contribution in [2.45, 2.75) is 64.7 Å². The maximum atomic E-state index is 11.4. The van der Waals surface area contributed by atoms with Gasteiger partial charge in [-0.15, -0.1) is 0 Å². The fraction of sp³-hybridized carbons (Fsp3) is 0.800. The van der Waals surface area contributed by atoms with Crippen LogP contribution in [0.25, 0.3) is 0 Å². The molecule has 0 aromatic carbocycles. The maximum Gasteiger partial charge on any atom is 0.306 e. The lowest BCUT2D eigenvalue weighted by Gasteiger charge is -2.02. The van der Waals surface area contributed by atoms with Crippen LogP contribution in [0.15, 0.2) is 12.2 Å². The van der Waals surface area contributed by atoms with Crippen LogP contribution in [0.1, 0.15) is 64.7 Å². The first-order valence-electron chi connectivity index (χ1n) is 7.17. The van der Waals surface area contributed by atoms with Crippen molar-refractivity contribution < 1.29 is 9.53 Å². The molecule has 0 amide bonds. The van der Waals surface area contributed by atoms with E-state index in [9.17, 15) is 4.79 Å². The summed E-state index contributed by atoms with van der Waals surface area (Å²) in [6, 6.07) is 0. The Labute approximate surface area is 120 Å². The number of halogens is 1. The number of esters is 1. The van der Waals surface area contributed by atoms with E-state index in [0.717, 1.165) is 24.6 Å². The molecule has 0 saturated carbocycles. The highest BCUT2D eigenvalue weighted by Crippen LogP contribution is 2.07. The largest absolute Gasteiger partial charge is 0.461 e. The summed E-state index contributed by atoms with van der Waals surface area (Å²) in [5.74, 6) is -0.0596. The van der Waals surface area contributed by atoms with E-state index in [0.29, 0.717) is 13.0 Å². The number of alkyl halides is 1. The molecule has 0 heterocycles. The molecule has 0 saturated heterocycles. The molecule has 0 bridgehead atoms. The lowest BCUT2D eigenvalue weighted by Crippen LogP contribution is -2.03. The van der Waals surface area contributed by atoms with Crippen LogP contribution < -0.4 is 0 Å². The highest BCUT2D eigenvalue weighted by molar-refractivity contribution is 9.09. The Hall–Kier alpha value is -0.310. The normalized spacial score (nSPS) is 11.0. The van der Waals surface area contributed by atoms with Gasteiger partial charge in [0.2, 0.25) is 0 Å². The van der Waals surface area contributed by atoms with Crippen LogP contribution >= 0.6 is 15.9 Å². The summed E-state index contributed by atoms with van der Waals surface area (Å²) >= 11 is 3.41. The molecule has 0 N–H and O–H groups in total. The molecule has 0 aliphatic rings. The molecule has 0 unspecified atom stereocenters. The van der Waals surface area contributed by atoms with Crippen molar-refractivity contribution in [3.8, 4) is 0 Å². The van der Waals surface area contributed by atoms with Crippen LogP contribution in [0.4, 0.5) is 0 Å². The van der Waals surface area contributed by atoms with Gasteiger partial charge in [-0.25, -0.2) is 0 Å². The van der Waals surface area contributed by atoms with Crippen molar-refractivity contribution in [2.75, 3.05) is 11.9 Å². The minimum Gasteiger partial charge on any atom is -0.461 e. The number of hydrogen-bond acceptors (Lipinski definition) is 2. The second-order valence-electron chi connectivity index (χ2n) is 4.50. The van der Waals surface area contributed by atoms with E-state index in [4.69, 9.17) is 4.74 Å². The van der Waals surface area contributed by atoms with Gasteiger partial charge in [0, 0.05) is 11.8 Å². The summed E-state index contributed by atoms with van der Waals surface area (Å²) in [6.07, 6.45) is 13.9. The van der Waals surface area contributed by atoms with Crippen molar-refractivity contribution in [2.24, 2.45) is 0 Å². The molecular formula is C15H27BrO2. The molecular weight excluding hydrogens is 292 g/mol. The summed E-state index contributed by atoms with van der Waals surface area (Å²) < 4.78 is 5.12. The van der Waals surface area contributed by atoms with Gasteiger partial charge in [0.15, 0.2) is 0 Å². The standard InChI is InChI=1S/C15H27BrO2/c1-2-3-4-8-11-14-18-15(17)12-9-6-5-7-10-13-16/h8,11H,2-7,9-10,12-14H2,1H3/b11-8+. The summed E-state index contributed by atoms with van der Waals surface area (Å²) in [5.41, 5.74) is 0. The van der Waals surface area contributed by atoms with Crippen molar-refractivity contribution in [3.05, 3.63) is 12.2 Å². The fourth-order valence-corrected chi connectivity index (χ4v) is 2.01. The molecule has 0 rings (SSSR count). The van der Waals surface area contributed by atoms with Crippen LogP contribution in [-0.4, -0.2) is 17.9 Å². The molecule has 0 atom stereocenters. The smallest absolute Gasteiger partial charge is 0.306 e. The van der Waals surface area contributed by atoms with E-state index in [1.54, 1.807) is 0 Å². The first-order chi connectivity index (χ1) is 8.81. The van der Waals surface area contributed by atoms with Crippen LogP contribution in [-0.2, 0) is 9.53 Å². The van der Waals surface area contributed by atoms with E-state index < -0.39 is 0 Å². The zero-order valence-electron chi connectivity index (χ0n) is 11.6. The Morgan fingerprint density at radius 3 is 2.50 bits per heavy atom. The molecule has 0 spiro atoms. The molecule has 0 aliphatic carbocycles. The highest BCUT2D eigenvalue weighted by atomic mass is 79.9. The Kier molecular flexibility index (Phi) is 14.5. The minimum atomic E-state index is -0.0596. The average Bonchev–Trinajstić information content (AvgIpc) is 2.38. The SMILES string of the molecule is CCCC/C=C/COC(=O)CCCCCCCBr. The van der Waals surface area contributed by atoms with Gasteiger partial charge >= 0.3 is 5.97 Å². The van der Waals surface area contributed by atoms with E-state index >= 15 is 0 Å². The van der Waals surface area contributed by atoms with Crippen molar-refractivity contribution in [3.63, 3.8) is 0 Å². The lowest BCUT2D eigenvalue weighted by atomic mass is 10.1. The molecule has 106 valence electrons. The van der Waals surface area contributed by atoms with E-state index in [1.807, 2.05) is 6.08 Å². The zero-order valence-corrected chi connectivity index (χ0v) is 13.2. The van der Waals surface area contributed by atoms with Gasteiger partial charge in [0.1, 0.15) is 6.61 Å². The van der Waals surface area contributed by atoms with Crippen LogP contribution in [0.5, 0.6) is 0 Å². The molecule has 0 fully saturated rings. The van der Waals surface area contributed by atoms with Gasteiger partial charge in [-0.05, 0) is 19.3 Å². The summed E-state index contributed by atoms with van der Waals surface area (Å²) in [4.78, 5) is 11.4. The van der Waals surface area contributed by atoms with Gasteiger partial charge in [-0.3, -0.25) is 4.79 Å². The first kappa shape index (κ1) is 17.7. The molecule has 2 nitrogen and oxygen atoms in total. The third kappa shape index (κ3) is 13.8. The number of allylic oxidation sites excluding steroid dienone is 1. The van der Waals surface area contributed by atoms with Gasteiger partial charge in [0.05, 0.1) is 0 Å². The quantitative estimate of drug-likeness (QED) is 0.219. The van der Waals surface area contributed by atoms with E-state index in [1.165, 1.54) is 32.1 Å². The third-order valence-electron chi connectivity index (χ3n) is 2.75. The number of hydrogen-bond donors (Lipinski definition) is 0. The third-order valence-corrected chi connectivity index (χ3v) is 3.31. The van der Waals surface area contributed by atoms with Crippen molar-refractivity contribution in [1.29, 1.82) is 0 Å². The number of carbonyl (C=O) groups is 1. The van der Waals surface area contributed by atoms with Gasteiger partial charge in [-0.2, -0.15) is 0 Å². The van der Waals surface area contributed by atoms with E-state index in [-0.39, 0.29) is 5.97 Å². The predicted octanol–water partition coefficient (Wildman–Crippen LogP) is 5.01. The second kappa shape index (κ2) is 14.7. The molecule has 0 aromatic heterocycles. The number of carbonyl (C=O) groups excluding carboxylic acids is 1.